The van der Waals surface area contributed by atoms with Crippen LogP contribution in [0.5, 0.6) is 5.75 Å². The predicted molar refractivity (Wildman–Crippen MR) is 118 cm³/mol. The Morgan fingerprint density at radius 2 is 1.83 bits per heavy atom. The maximum absolute atomic E-state index is 13.1. The van der Waals surface area contributed by atoms with Gasteiger partial charge in [0.05, 0.1) is 18.7 Å². The highest BCUT2D eigenvalue weighted by molar-refractivity contribution is 5.96. The van der Waals surface area contributed by atoms with E-state index in [2.05, 4.69) is 20.6 Å². The molecule has 3 heterocycles. The first kappa shape index (κ1) is 24.2. The van der Waals surface area contributed by atoms with Gasteiger partial charge in [-0.25, -0.2) is 0 Å². The third kappa shape index (κ3) is 5.28. The number of methoxy groups -OCH3 is 1. The quantitative estimate of drug-likeness (QED) is 0.523. The Kier molecular flexibility index (Phi) is 6.76. The number of carbonyl (C=O) groups excluding carboxylic acids is 2. The molecule has 1 aromatic carbocycles. The van der Waals surface area contributed by atoms with Crippen LogP contribution in [0.25, 0.3) is 5.65 Å². The number of aromatic nitrogens is 4. The lowest BCUT2D eigenvalue weighted by molar-refractivity contribution is -0.158. The Morgan fingerprint density at radius 1 is 1.11 bits per heavy atom. The summed E-state index contributed by atoms with van der Waals surface area (Å²) in [5.74, 6) is -1.85. The second kappa shape index (κ2) is 9.76. The molecule has 1 atom stereocenters. The molecule has 10 nitrogen and oxygen atoms in total. The van der Waals surface area contributed by atoms with Gasteiger partial charge in [-0.1, -0.05) is 12.1 Å². The molecule has 0 bridgehead atoms. The normalized spacial score (nSPS) is 15.6. The van der Waals surface area contributed by atoms with E-state index >= 15 is 0 Å². The van der Waals surface area contributed by atoms with Crippen LogP contribution in [0.2, 0.25) is 0 Å². The maximum Gasteiger partial charge on any atom is 0.453 e. The van der Waals surface area contributed by atoms with Crippen molar-refractivity contribution in [3.8, 4) is 5.75 Å². The molecule has 4 rings (SSSR count). The van der Waals surface area contributed by atoms with E-state index in [0.29, 0.717) is 47.7 Å². The van der Waals surface area contributed by atoms with Gasteiger partial charge in [-0.3, -0.25) is 9.59 Å². The summed E-state index contributed by atoms with van der Waals surface area (Å²) in [4.78, 5) is 26.9. The van der Waals surface area contributed by atoms with Crippen molar-refractivity contribution in [3.05, 3.63) is 42.2 Å². The van der Waals surface area contributed by atoms with E-state index in [9.17, 15) is 22.8 Å². The minimum atomic E-state index is -4.68. The molecule has 0 aliphatic carbocycles. The summed E-state index contributed by atoms with van der Waals surface area (Å²) < 4.78 is 50.6. The lowest BCUT2D eigenvalue weighted by Gasteiger charge is -2.32. The van der Waals surface area contributed by atoms with Crippen molar-refractivity contribution in [2.45, 2.75) is 32.0 Å². The van der Waals surface area contributed by atoms with Crippen LogP contribution in [0, 0.1) is 5.92 Å². The molecular weight excluding hydrogens is 469 g/mol. The molecule has 2 aromatic heterocycles. The van der Waals surface area contributed by atoms with Crippen LogP contribution in [0.15, 0.2) is 36.4 Å². The zero-order chi connectivity index (χ0) is 25.2. The number of rotatable bonds is 6. The molecule has 1 saturated heterocycles. The number of hydrogen-bond donors (Lipinski definition) is 1. The fourth-order valence-corrected chi connectivity index (χ4v) is 3.78. The number of para-hydroxylation sites is 2. The lowest BCUT2D eigenvalue weighted by Crippen LogP contribution is -2.39. The summed E-state index contributed by atoms with van der Waals surface area (Å²) in [6.07, 6.45) is -4.92. The van der Waals surface area contributed by atoms with Gasteiger partial charge < -0.3 is 19.7 Å². The zero-order valence-electron chi connectivity index (χ0n) is 19.0. The minimum absolute atomic E-state index is 0.0140. The first-order valence-corrected chi connectivity index (χ1v) is 10.9. The van der Waals surface area contributed by atoms with Gasteiger partial charge >= 0.3 is 12.1 Å². The van der Waals surface area contributed by atoms with Crippen molar-refractivity contribution >= 4 is 29.0 Å². The highest BCUT2D eigenvalue weighted by atomic mass is 19.4. The van der Waals surface area contributed by atoms with Gasteiger partial charge in [0.2, 0.25) is 0 Å². The van der Waals surface area contributed by atoms with Gasteiger partial charge in [-0.15, -0.1) is 15.3 Å². The largest absolute Gasteiger partial charge is 0.495 e. The van der Waals surface area contributed by atoms with E-state index < -0.39 is 35.9 Å². The molecule has 1 N–H and O–H groups in total. The molecule has 1 aliphatic rings. The third-order valence-corrected chi connectivity index (χ3v) is 5.68. The number of amides is 1. The number of piperidine rings is 1. The molecular formula is C22H23F3N6O4. The Balaban J connectivity index is 1.33. The highest BCUT2D eigenvalue weighted by Gasteiger charge is 2.38. The second-order valence-electron chi connectivity index (χ2n) is 8.01. The molecule has 0 saturated carbocycles. The highest BCUT2D eigenvalue weighted by Crippen LogP contribution is 2.29. The van der Waals surface area contributed by atoms with Crippen LogP contribution in [0.4, 0.5) is 24.7 Å². The first-order valence-electron chi connectivity index (χ1n) is 10.9. The fourth-order valence-electron chi connectivity index (χ4n) is 3.78. The van der Waals surface area contributed by atoms with Crippen molar-refractivity contribution < 1.29 is 32.2 Å². The molecule has 3 aromatic rings. The molecule has 186 valence electrons. The number of benzene rings is 1. The van der Waals surface area contributed by atoms with Gasteiger partial charge in [-0.2, -0.15) is 17.7 Å². The average Bonchev–Trinajstić information content (AvgIpc) is 3.28. The van der Waals surface area contributed by atoms with Gasteiger partial charge in [0.1, 0.15) is 11.6 Å². The monoisotopic (exact) mass is 492 g/mol. The number of carbonyl (C=O) groups is 2. The lowest BCUT2D eigenvalue weighted by atomic mass is 9.97. The number of alkyl halides is 3. The Hall–Kier alpha value is -3.90. The van der Waals surface area contributed by atoms with Crippen LogP contribution in [-0.4, -0.2) is 58.0 Å². The van der Waals surface area contributed by atoms with E-state index in [1.54, 1.807) is 35.2 Å². The summed E-state index contributed by atoms with van der Waals surface area (Å²) in [7, 11) is 1.48. The van der Waals surface area contributed by atoms with Crippen molar-refractivity contribution in [2.75, 3.05) is 30.4 Å². The summed E-state index contributed by atoms with van der Waals surface area (Å²) in [6.45, 7) is 2.24. The number of anilines is 2. The van der Waals surface area contributed by atoms with Crippen molar-refractivity contribution in [2.24, 2.45) is 5.92 Å². The van der Waals surface area contributed by atoms with Gasteiger partial charge in [0, 0.05) is 13.1 Å². The van der Waals surface area contributed by atoms with Crippen LogP contribution in [0.1, 0.15) is 25.6 Å². The summed E-state index contributed by atoms with van der Waals surface area (Å²) >= 11 is 0. The molecule has 1 fully saturated rings. The van der Waals surface area contributed by atoms with E-state index in [0.717, 1.165) is 0 Å². The topological polar surface area (TPSA) is 111 Å². The number of nitrogens with one attached hydrogen (secondary N) is 1. The fraction of sp³-hybridized carbons (Fsp3) is 0.409. The average molecular weight is 492 g/mol. The summed E-state index contributed by atoms with van der Waals surface area (Å²) in [6, 6.07) is 9.84. The van der Waals surface area contributed by atoms with Gasteiger partial charge in [0.25, 0.3) is 11.7 Å². The number of esters is 1. The number of halogens is 3. The number of fused-ring (bicyclic) bond motifs is 1. The molecule has 1 aliphatic heterocycles. The van der Waals surface area contributed by atoms with E-state index in [-0.39, 0.29) is 5.65 Å². The Bertz CT molecular complexity index is 1220. The molecule has 0 unspecified atom stereocenters. The van der Waals surface area contributed by atoms with Gasteiger partial charge in [0.15, 0.2) is 11.8 Å². The number of nitrogens with zero attached hydrogens (tertiary/aromatic N) is 5. The van der Waals surface area contributed by atoms with E-state index in [4.69, 9.17) is 9.47 Å². The van der Waals surface area contributed by atoms with Crippen LogP contribution in [-0.2, 0) is 20.5 Å². The van der Waals surface area contributed by atoms with Crippen LogP contribution in [0.3, 0.4) is 0 Å². The SMILES string of the molecule is COc1ccccc1NC(=O)[C@H](C)OC(=O)C1CCN(c2ccc3nnc(C(F)(F)F)n3n2)CC1. The minimum Gasteiger partial charge on any atom is -0.495 e. The van der Waals surface area contributed by atoms with Crippen LogP contribution < -0.4 is 15.0 Å². The standard InChI is InChI=1S/C22H23F3N6O4/c1-13(19(32)26-15-5-3-4-6-16(15)34-2)35-20(33)14-9-11-30(12-10-14)18-8-7-17-27-28-21(22(23,24)25)31(17)29-18/h3-8,13-14H,9-12H2,1-2H3,(H,26,32)/t13-/m0/s1. The first-order chi connectivity index (χ1) is 16.7. The molecule has 1 amide bonds. The Labute approximate surface area is 198 Å². The summed E-state index contributed by atoms with van der Waals surface area (Å²) in [5, 5.41) is 13.4. The summed E-state index contributed by atoms with van der Waals surface area (Å²) in [5.41, 5.74) is 0.447. The van der Waals surface area contributed by atoms with Crippen molar-refractivity contribution in [1.82, 2.24) is 19.8 Å². The smallest absolute Gasteiger partial charge is 0.453 e. The van der Waals surface area contributed by atoms with Crippen molar-refractivity contribution in [1.29, 1.82) is 0 Å². The molecule has 0 radical (unpaired) electrons. The third-order valence-electron chi connectivity index (χ3n) is 5.68. The zero-order valence-corrected chi connectivity index (χ0v) is 19.0. The Morgan fingerprint density at radius 3 is 2.51 bits per heavy atom. The second-order valence-corrected chi connectivity index (χ2v) is 8.01. The predicted octanol–water partition coefficient (Wildman–Crippen LogP) is 2.94. The molecule has 13 heteroatoms. The van der Waals surface area contributed by atoms with Gasteiger partial charge in [-0.05, 0) is 44.0 Å². The number of ether oxygens (including phenoxy) is 2. The maximum atomic E-state index is 13.1. The van der Waals surface area contributed by atoms with E-state index in [1.807, 2.05) is 0 Å². The van der Waals surface area contributed by atoms with E-state index in [1.165, 1.54) is 20.1 Å². The van der Waals surface area contributed by atoms with Crippen LogP contribution >= 0.6 is 0 Å². The molecule has 0 spiro atoms. The molecule has 35 heavy (non-hydrogen) atoms. The number of hydrogen-bond acceptors (Lipinski definition) is 8. The van der Waals surface area contributed by atoms with Crippen molar-refractivity contribution in [3.63, 3.8) is 0 Å².